The lowest BCUT2D eigenvalue weighted by Gasteiger charge is -2.19. The van der Waals surface area contributed by atoms with E-state index < -0.39 is 23.1 Å². The minimum absolute atomic E-state index is 0.00942. The molecule has 112 heavy (non-hydrogen) atoms. The zero-order chi connectivity index (χ0) is 81.6. The van der Waals surface area contributed by atoms with E-state index in [4.69, 9.17) is 33.5 Å². The molecule has 0 fully saturated rings. The molecule has 3 N–H and O–H groups in total. The van der Waals surface area contributed by atoms with Crippen LogP contribution in [0.5, 0.6) is 28.7 Å². The Morgan fingerprint density at radius 2 is 0.777 bits per heavy atom. The van der Waals surface area contributed by atoms with E-state index in [0.29, 0.717) is 64.1 Å². The summed E-state index contributed by atoms with van der Waals surface area (Å²) in [6.07, 6.45) is 13.0. The van der Waals surface area contributed by atoms with Crippen LogP contribution in [-0.2, 0) is 90.5 Å². The van der Waals surface area contributed by atoms with Gasteiger partial charge >= 0.3 is 23.9 Å². The number of hydrogen-bond acceptors (Lipinski definition) is 16. The number of fused-ring (bicyclic) bond motifs is 5. The summed E-state index contributed by atoms with van der Waals surface area (Å²) in [7, 11) is 0. The SMILES string of the molecule is C1=Cc2ccc(OCc3ccccc3)cc2C1.CC(=O)C1=CCc2cc(OCc3ccccc3)ccc21.CC(=O)c1cn(CC(=O)O)c2cc(O)ccc12.CC(=O)c1cn(CC(=O)OC(C)(C)C)c2cc(O)ccc12.CC(=O)c1cn(CC(=O)OC(C)(C)C)c2cc(OCc3ccccc3)ccc12.CC(C)(C)OC(=O)CBr. The number of halogens is 1. The number of nitrogens with zero attached hydrogens (tertiary/aromatic N) is 3. The number of phenols is 2. The van der Waals surface area contributed by atoms with E-state index in [9.17, 15) is 48.6 Å². The number of carboxylic acid groups (broad SMARTS) is 1. The van der Waals surface area contributed by atoms with Gasteiger partial charge in [-0.3, -0.25) is 38.4 Å². The second kappa shape index (κ2) is 39.0. The van der Waals surface area contributed by atoms with Gasteiger partial charge in [0.25, 0.3) is 0 Å². The molecule has 0 aliphatic heterocycles. The fraction of sp³-hybridized carbons (Fsp3) is 0.275. The van der Waals surface area contributed by atoms with E-state index in [2.05, 4.69) is 52.3 Å². The van der Waals surface area contributed by atoms with Crippen molar-refractivity contribution in [2.45, 2.75) is 159 Å². The quantitative estimate of drug-likeness (QED) is 0.0277. The number of carbonyl (C=O) groups is 8. The molecule has 0 saturated heterocycles. The minimum atomic E-state index is -1.000. The molecule has 584 valence electrons. The van der Waals surface area contributed by atoms with Gasteiger partial charge < -0.3 is 57.4 Å². The molecule has 13 rings (SSSR count). The van der Waals surface area contributed by atoms with Gasteiger partial charge in [0.15, 0.2) is 23.1 Å². The van der Waals surface area contributed by atoms with Crippen LogP contribution in [0.15, 0.2) is 213 Å². The molecule has 0 saturated carbocycles. The number of ether oxygens (including phenoxy) is 6. The number of rotatable bonds is 20. The number of hydrogen-bond donors (Lipinski definition) is 3. The average Bonchev–Trinajstić information content (AvgIpc) is 1.65. The Morgan fingerprint density at radius 1 is 0.411 bits per heavy atom. The standard InChI is InChI=1S/C23H25NO4.C18H16O2.C16H19NO4.C16H14O.C12H11NO4.C6H11BrO2/c1-16(25)20-13-24(14-22(26)28-23(2,3)4)21-12-18(10-11-19(20)21)27-15-17-8-6-5-7-9-17;1-13(19)17-9-7-15-11-16(8-10-18(15)17)20-12-14-5-3-2-4-6-14;1-10(18)13-8-17(9-15(20)21-16(2,3)4)14-7-11(19)5-6-12(13)14;1-2-5-13(6-3-1)12-17-16-10-9-14-7-4-8-15(14)11-16;1-7(14)10-5-13(6-12(16)17)11-4-8(15)2-3-9(10)11;1-6(2,3)9-5(8)4-7/h5-13H,14-15H2,1-4H3;2-6,8-11H,7,12H2,1H3;5-8,19H,9H2,1-4H3;1-7,9-11H,8,12H2;2-5,15H,6H2,1H3,(H,16,17);4H2,1-3H3. The molecular formula is C91H96BrN3O17. The summed E-state index contributed by atoms with van der Waals surface area (Å²) in [4.78, 5) is 92.1. The molecule has 0 radical (unpaired) electrons. The normalized spacial score (nSPS) is 11.7. The summed E-state index contributed by atoms with van der Waals surface area (Å²) >= 11 is 2.99. The maximum absolute atomic E-state index is 12.3. The first-order chi connectivity index (χ1) is 53.0. The van der Waals surface area contributed by atoms with Crippen molar-refractivity contribution in [3.63, 3.8) is 0 Å². The maximum atomic E-state index is 12.3. The van der Waals surface area contributed by atoms with Crippen LogP contribution in [0.2, 0.25) is 0 Å². The summed E-state index contributed by atoms with van der Waals surface area (Å²) in [6.45, 7) is 23.8. The maximum Gasteiger partial charge on any atom is 0.326 e. The van der Waals surface area contributed by atoms with E-state index in [1.54, 1.807) is 61.4 Å². The van der Waals surface area contributed by atoms with Crippen molar-refractivity contribution in [3.8, 4) is 28.7 Å². The predicted octanol–water partition coefficient (Wildman–Crippen LogP) is 18.6. The topological polar surface area (TPSA) is 267 Å². The van der Waals surface area contributed by atoms with Crippen LogP contribution >= 0.6 is 15.9 Å². The Morgan fingerprint density at radius 3 is 1.16 bits per heavy atom. The number of esters is 3. The molecule has 0 atom stereocenters. The Balaban J connectivity index is 0.000000173. The first-order valence-corrected chi connectivity index (χ1v) is 37.5. The molecule has 0 unspecified atom stereocenters. The van der Waals surface area contributed by atoms with Gasteiger partial charge in [-0.15, -0.1) is 0 Å². The molecule has 3 aromatic heterocycles. The molecule has 0 spiro atoms. The third-order valence-corrected chi connectivity index (χ3v) is 17.2. The molecule has 8 aromatic carbocycles. The second-order valence-electron chi connectivity index (χ2n) is 29.5. The molecule has 11 aromatic rings. The Kier molecular flexibility index (Phi) is 29.8. The van der Waals surface area contributed by atoms with Crippen LogP contribution in [0.1, 0.15) is 160 Å². The van der Waals surface area contributed by atoms with Crippen molar-refractivity contribution in [3.05, 3.63) is 268 Å². The molecule has 2 aliphatic carbocycles. The highest BCUT2D eigenvalue weighted by Crippen LogP contribution is 2.34. The summed E-state index contributed by atoms with van der Waals surface area (Å²) in [6, 6.07) is 57.3. The van der Waals surface area contributed by atoms with Crippen LogP contribution in [0, 0.1) is 0 Å². The summed E-state index contributed by atoms with van der Waals surface area (Å²) in [5.41, 5.74) is 11.1. The largest absolute Gasteiger partial charge is 0.508 e. The van der Waals surface area contributed by atoms with E-state index in [-0.39, 0.29) is 77.1 Å². The van der Waals surface area contributed by atoms with Crippen molar-refractivity contribution in [2.75, 3.05) is 5.33 Å². The number of Topliss-reactive ketones (excluding diaryl/α,β-unsaturated/α-hetero) is 4. The van der Waals surface area contributed by atoms with Crippen LogP contribution < -0.4 is 14.2 Å². The monoisotopic (exact) mass is 1580 g/mol. The number of carbonyl (C=O) groups excluding carboxylic acids is 7. The number of allylic oxidation sites excluding steroid dienone is 3. The first kappa shape index (κ1) is 85.5. The number of aromatic nitrogens is 3. The van der Waals surface area contributed by atoms with E-state index >= 15 is 0 Å². The highest BCUT2D eigenvalue weighted by Gasteiger charge is 2.24. The van der Waals surface area contributed by atoms with Crippen LogP contribution in [-0.4, -0.2) is 98.2 Å². The molecule has 0 bridgehead atoms. The van der Waals surface area contributed by atoms with Gasteiger partial charge in [-0.25, -0.2) is 0 Å². The highest BCUT2D eigenvalue weighted by molar-refractivity contribution is 9.09. The van der Waals surface area contributed by atoms with Crippen LogP contribution in [0.25, 0.3) is 44.4 Å². The smallest absolute Gasteiger partial charge is 0.326 e. The fourth-order valence-electron chi connectivity index (χ4n) is 12.0. The van der Waals surface area contributed by atoms with Gasteiger partial charge in [0.2, 0.25) is 0 Å². The molecule has 0 amide bonds. The lowest BCUT2D eigenvalue weighted by atomic mass is 10.0. The predicted molar refractivity (Wildman–Crippen MR) is 438 cm³/mol. The summed E-state index contributed by atoms with van der Waals surface area (Å²) < 4.78 is 37.9. The lowest BCUT2D eigenvalue weighted by molar-refractivity contribution is -0.156. The Labute approximate surface area is 660 Å². The fourth-order valence-corrected chi connectivity index (χ4v) is 12.1. The van der Waals surface area contributed by atoms with Gasteiger partial charge in [-0.2, -0.15) is 0 Å². The van der Waals surface area contributed by atoms with Gasteiger partial charge in [-0.1, -0.05) is 137 Å². The number of carboxylic acids is 1. The van der Waals surface area contributed by atoms with Crippen LogP contribution in [0.4, 0.5) is 0 Å². The molecule has 21 heteroatoms. The first-order valence-electron chi connectivity index (χ1n) is 36.4. The highest BCUT2D eigenvalue weighted by atomic mass is 79.9. The number of aromatic hydroxyl groups is 2. The summed E-state index contributed by atoms with van der Waals surface area (Å²) in [5.74, 6) is 0.498. The minimum Gasteiger partial charge on any atom is -0.508 e. The number of phenolic OH excluding ortho intramolecular Hbond substituents is 2. The summed E-state index contributed by atoms with van der Waals surface area (Å²) in [5, 5.41) is 30.2. The van der Waals surface area contributed by atoms with E-state index in [1.807, 2.05) is 169 Å². The van der Waals surface area contributed by atoms with E-state index in [0.717, 1.165) is 57.5 Å². The number of aliphatic carboxylic acids is 1. The molecule has 3 heterocycles. The third-order valence-electron chi connectivity index (χ3n) is 16.8. The van der Waals surface area contributed by atoms with Crippen molar-refractivity contribution < 1.29 is 82.1 Å². The lowest BCUT2D eigenvalue weighted by Crippen LogP contribution is -2.26. The number of benzene rings is 8. The Bertz CT molecular complexity index is 5240. The van der Waals surface area contributed by atoms with Gasteiger partial charge in [0.1, 0.15) is 90.3 Å². The molecule has 2 aliphatic rings. The van der Waals surface area contributed by atoms with Crippen LogP contribution in [0.3, 0.4) is 0 Å². The zero-order valence-electron chi connectivity index (χ0n) is 65.4. The van der Waals surface area contributed by atoms with Crippen molar-refractivity contribution >= 4 is 107 Å². The van der Waals surface area contributed by atoms with Crippen molar-refractivity contribution in [1.82, 2.24) is 13.7 Å². The van der Waals surface area contributed by atoms with Gasteiger partial charge in [0.05, 0.1) is 16.6 Å². The average molecular weight is 1580 g/mol. The number of ketones is 4. The van der Waals surface area contributed by atoms with E-state index in [1.165, 1.54) is 78.1 Å². The zero-order valence-corrected chi connectivity index (χ0v) is 67.0. The Hall–Kier alpha value is -12.1. The second-order valence-corrected chi connectivity index (χ2v) is 30.1. The number of alkyl halides is 1. The third kappa shape index (κ3) is 26.0. The molecule has 20 nitrogen and oxygen atoms in total. The molecular weight excluding hydrogens is 1490 g/mol. The van der Waals surface area contributed by atoms with Gasteiger partial charge in [-0.05, 0) is 202 Å². The van der Waals surface area contributed by atoms with Gasteiger partial charge in [0, 0.05) is 75.2 Å². The van der Waals surface area contributed by atoms with Crippen molar-refractivity contribution in [2.24, 2.45) is 0 Å². The van der Waals surface area contributed by atoms with Crippen molar-refractivity contribution in [1.29, 1.82) is 0 Å².